The molecule has 184 valence electrons. The van der Waals surface area contributed by atoms with Crippen molar-refractivity contribution >= 4 is 23.5 Å². The van der Waals surface area contributed by atoms with Crippen LogP contribution in [-0.4, -0.2) is 49.6 Å². The number of alkyl halides is 1. The van der Waals surface area contributed by atoms with Gasteiger partial charge < -0.3 is 14.4 Å². The molecule has 0 heterocycles. The number of halogens is 1. The monoisotopic (exact) mass is 461 g/mol. The minimum absolute atomic E-state index is 0.0751. The molecule has 0 aromatic heterocycles. The lowest BCUT2D eigenvalue weighted by molar-refractivity contribution is -0.157. The highest BCUT2D eigenvalue weighted by Gasteiger charge is 2.21. The molecule has 0 bridgehead atoms. The number of nitrogens with zero attached hydrogens (tertiary/aromatic N) is 1. The molecule has 5 nitrogen and oxygen atoms in total. The van der Waals surface area contributed by atoms with Gasteiger partial charge in [0.1, 0.15) is 6.61 Å². The quantitative estimate of drug-likeness (QED) is 0.108. The molecule has 1 unspecified atom stereocenters. The van der Waals surface area contributed by atoms with Crippen molar-refractivity contribution in [1.29, 1.82) is 0 Å². The van der Waals surface area contributed by atoms with Crippen molar-refractivity contribution in [3.63, 3.8) is 0 Å². The molecule has 0 N–H and O–H groups in total. The van der Waals surface area contributed by atoms with Gasteiger partial charge in [0.15, 0.2) is 0 Å². The number of hydrogen-bond donors (Lipinski definition) is 0. The Labute approximate surface area is 196 Å². The third kappa shape index (κ3) is 19.6. The first-order valence-electron chi connectivity index (χ1n) is 12.6. The zero-order chi connectivity index (χ0) is 23.3. The number of carbonyl (C=O) groups excluding carboxylic acids is 2. The van der Waals surface area contributed by atoms with Crippen LogP contribution in [0.5, 0.6) is 0 Å². The van der Waals surface area contributed by atoms with Crippen molar-refractivity contribution in [2.45, 2.75) is 116 Å². The second kappa shape index (κ2) is 21.1. The lowest BCUT2D eigenvalue weighted by Gasteiger charge is -2.18. The summed E-state index contributed by atoms with van der Waals surface area (Å²) in [6, 6.07) is 0. The van der Waals surface area contributed by atoms with Gasteiger partial charge in [0, 0.05) is 6.42 Å². The average molecular weight is 462 g/mol. The maximum absolute atomic E-state index is 12.6. The van der Waals surface area contributed by atoms with E-state index in [1.807, 2.05) is 14.1 Å². The molecule has 0 aromatic rings. The highest BCUT2D eigenvalue weighted by Crippen LogP contribution is 2.21. The summed E-state index contributed by atoms with van der Waals surface area (Å²) in [6.07, 6.45) is 15.6. The van der Waals surface area contributed by atoms with Gasteiger partial charge in [-0.05, 0) is 46.3 Å². The van der Waals surface area contributed by atoms with Gasteiger partial charge in [-0.2, -0.15) is 0 Å². The van der Waals surface area contributed by atoms with Gasteiger partial charge in [-0.1, -0.05) is 89.7 Å². The Balaban J connectivity index is 4.25. The Hall–Kier alpha value is -0.810. The molecule has 0 aliphatic heterocycles. The molecule has 0 aliphatic rings. The normalized spacial score (nSPS) is 12.4. The zero-order valence-electron chi connectivity index (χ0n) is 20.6. The van der Waals surface area contributed by atoms with E-state index < -0.39 is 5.56 Å². The molecule has 0 fully saturated rings. The summed E-state index contributed by atoms with van der Waals surface area (Å²) in [5.74, 6) is -0.606. The maximum atomic E-state index is 12.6. The molecule has 0 radical (unpaired) electrons. The van der Waals surface area contributed by atoms with Crippen LogP contribution in [0.25, 0.3) is 0 Å². The van der Waals surface area contributed by atoms with Crippen molar-refractivity contribution < 1.29 is 19.1 Å². The summed E-state index contributed by atoms with van der Waals surface area (Å²) >= 11 is 6.08. The Morgan fingerprint density at radius 1 is 0.806 bits per heavy atom. The largest absolute Gasteiger partial charge is 0.460 e. The number of esters is 2. The lowest BCUT2D eigenvalue weighted by Crippen LogP contribution is -2.24. The fourth-order valence-electron chi connectivity index (χ4n) is 3.57. The fourth-order valence-corrected chi connectivity index (χ4v) is 3.73. The smallest absolute Gasteiger partial charge is 0.309 e. The molecule has 0 saturated heterocycles. The van der Waals surface area contributed by atoms with Crippen molar-refractivity contribution in [3.05, 3.63) is 0 Å². The van der Waals surface area contributed by atoms with E-state index in [9.17, 15) is 9.59 Å². The minimum atomic E-state index is -0.917. The number of hydrogen-bond acceptors (Lipinski definition) is 5. The van der Waals surface area contributed by atoms with Crippen LogP contribution in [0.1, 0.15) is 110 Å². The van der Waals surface area contributed by atoms with Gasteiger partial charge in [-0.25, -0.2) is 0 Å². The van der Waals surface area contributed by atoms with Gasteiger partial charge in [0.2, 0.25) is 5.56 Å². The van der Waals surface area contributed by atoms with E-state index >= 15 is 0 Å². The van der Waals surface area contributed by atoms with Crippen LogP contribution in [0.3, 0.4) is 0 Å². The summed E-state index contributed by atoms with van der Waals surface area (Å²) in [5.41, 5.74) is -0.917. The second-order valence-electron chi connectivity index (χ2n) is 8.89. The Morgan fingerprint density at radius 3 is 1.87 bits per heavy atom. The van der Waals surface area contributed by atoms with Gasteiger partial charge in [0.05, 0.1) is 5.92 Å². The van der Waals surface area contributed by atoms with E-state index in [-0.39, 0.29) is 24.5 Å². The minimum Gasteiger partial charge on any atom is -0.460 e. The molecular weight excluding hydrogens is 414 g/mol. The molecule has 0 aromatic carbocycles. The zero-order valence-corrected chi connectivity index (χ0v) is 21.4. The van der Waals surface area contributed by atoms with Gasteiger partial charge >= 0.3 is 11.9 Å². The van der Waals surface area contributed by atoms with Crippen LogP contribution in [0.2, 0.25) is 0 Å². The van der Waals surface area contributed by atoms with Crippen molar-refractivity contribution in [3.8, 4) is 0 Å². The second-order valence-corrected chi connectivity index (χ2v) is 9.38. The summed E-state index contributed by atoms with van der Waals surface area (Å²) < 4.78 is 10.6. The summed E-state index contributed by atoms with van der Waals surface area (Å²) in [4.78, 5) is 26.6. The average Bonchev–Trinajstić information content (AvgIpc) is 2.73. The number of unbranched alkanes of at least 4 members (excludes halogenated alkanes) is 9. The van der Waals surface area contributed by atoms with Crippen LogP contribution in [0.15, 0.2) is 0 Å². The molecular formula is C25H48ClNO4. The molecule has 6 heteroatoms. The molecule has 0 saturated carbocycles. The Kier molecular flexibility index (Phi) is 20.5. The highest BCUT2D eigenvalue weighted by molar-refractivity contribution is 6.20. The van der Waals surface area contributed by atoms with E-state index in [2.05, 4.69) is 18.7 Å². The topological polar surface area (TPSA) is 55.8 Å². The third-order valence-corrected chi connectivity index (χ3v) is 5.71. The summed E-state index contributed by atoms with van der Waals surface area (Å²) in [5, 5.41) is 0. The SMILES string of the molecule is CCCCCCCC(CCCCCCC)C(=O)OCC(Cl)OC(=O)CCCCN(C)C. The maximum Gasteiger partial charge on any atom is 0.309 e. The van der Waals surface area contributed by atoms with Gasteiger partial charge in [0.25, 0.3) is 0 Å². The van der Waals surface area contributed by atoms with Crippen LogP contribution in [-0.2, 0) is 19.1 Å². The predicted molar refractivity (Wildman–Crippen MR) is 129 cm³/mol. The molecule has 31 heavy (non-hydrogen) atoms. The first kappa shape index (κ1) is 30.2. The molecule has 1 atom stereocenters. The molecule has 0 rings (SSSR count). The van der Waals surface area contributed by atoms with Crippen molar-refractivity contribution in [2.24, 2.45) is 5.92 Å². The Morgan fingerprint density at radius 2 is 1.35 bits per heavy atom. The first-order chi connectivity index (χ1) is 14.9. The molecule has 0 amide bonds. The highest BCUT2D eigenvalue weighted by atomic mass is 35.5. The van der Waals surface area contributed by atoms with Gasteiger partial charge in [-0.3, -0.25) is 9.59 Å². The van der Waals surface area contributed by atoms with Crippen LogP contribution < -0.4 is 0 Å². The summed E-state index contributed by atoms with van der Waals surface area (Å²) in [6.45, 7) is 5.27. The summed E-state index contributed by atoms with van der Waals surface area (Å²) in [7, 11) is 4.01. The van der Waals surface area contributed by atoms with Crippen molar-refractivity contribution in [2.75, 3.05) is 27.2 Å². The van der Waals surface area contributed by atoms with Crippen LogP contribution in [0, 0.1) is 5.92 Å². The van der Waals surface area contributed by atoms with E-state index in [1.165, 1.54) is 38.5 Å². The number of ether oxygens (including phenoxy) is 2. The number of rotatable bonds is 21. The Bertz CT molecular complexity index is 431. The van der Waals surface area contributed by atoms with Gasteiger partial charge in [-0.15, -0.1) is 0 Å². The van der Waals surface area contributed by atoms with E-state index in [1.54, 1.807) is 0 Å². The van der Waals surface area contributed by atoms with E-state index in [0.29, 0.717) is 6.42 Å². The predicted octanol–water partition coefficient (Wildman–Crippen LogP) is 6.71. The van der Waals surface area contributed by atoms with Crippen molar-refractivity contribution in [1.82, 2.24) is 4.90 Å². The fraction of sp³-hybridized carbons (Fsp3) is 0.920. The first-order valence-corrected chi connectivity index (χ1v) is 13.0. The van der Waals surface area contributed by atoms with Crippen LogP contribution in [0.4, 0.5) is 0 Å². The lowest BCUT2D eigenvalue weighted by atomic mass is 9.94. The standard InChI is InChI=1S/C25H48ClNO4/c1-5-7-9-11-13-17-22(18-14-12-10-8-6-2)25(29)30-21-23(26)31-24(28)19-15-16-20-27(3)4/h22-23H,5-21H2,1-4H3. The number of carbonyl (C=O) groups is 2. The van der Waals surface area contributed by atoms with E-state index in [0.717, 1.165) is 57.9 Å². The van der Waals surface area contributed by atoms with E-state index in [4.69, 9.17) is 21.1 Å². The third-order valence-electron chi connectivity index (χ3n) is 5.50. The van der Waals surface area contributed by atoms with Crippen LogP contribution >= 0.6 is 11.6 Å². The molecule has 0 spiro atoms. The molecule has 0 aliphatic carbocycles.